The number of rotatable bonds is 3. The summed E-state index contributed by atoms with van der Waals surface area (Å²) in [6.07, 6.45) is 5.10. The van der Waals surface area contributed by atoms with E-state index < -0.39 is 0 Å². The molecule has 4 nitrogen and oxygen atoms in total. The van der Waals surface area contributed by atoms with Gasteiger partial charge in [0.05, 0.1) is 12.1 Å². The maximum absolute atomic E-state index is 11.7. The predicted octanol–water partition coefficient (Wildman–Crippen LogP) is 2.02. The standard InChI is InChI=1S/C12H15N3OS/c16-12-11-9(5-6-17-11)14-10(15-12)7-13-8-3-1-2-4-8/h5-6,8,13H,1-4,7H2,(H,14,15,16). The number of aromatic amines is 1. The van der Waals surface area contributed by atoms with E-state index in [-0.39, 0.29) is 5.56 Å². The van der Waals surface area contributed by atoms with Gasteiger partial charge in [-0.05, 0) is 24.3 Å². The van der Waals surface area contributed by atoms with Crippen LogP contribution in [-0.4, -0.2) is 16.0 Å². The van der Waals surface area contributed by atoms with Gasteiger partial charge in [-0.1, -0.05) is 12.8 Å². The SMILES string of the molecule is O=c1[nH]c(CNC2CCCC2)nc2ccsc12. The average molecular weight is 249 g/mol. The Hall–Kier alpha value is -1.20. The topological polar surface area (TPSA) is 57.8 Å². The normalized spacial score (nSPS) is 16.9. The van der Waals surface area contributed by atoms with Crippen molar-refractivity contribution in [3.63, 3.8) is 0 Å². The molecule has 17 heavy (non-hydrogen) atoms. The van der Waals surface area contributed by atoms with E-state index >= 15 is 0 Å². The number of H-pyrrole nitrogens is 1. The summed E-state index contributed by atoms with van der Waals surface area (Å²) in [7, 11) is 0. The van der Waals surface area contributed by atoms with Crippen molar-refractivity contribution in [2.75, 3.05) is 0 Å². The highest BCUT2D eigenvalue weighted by Gasteiger charge is 2.14. The van der Waals surface area contributed by atoms with Crippen molar-refractivity contribution in [1.29, 1.82) is 0 Å². The molecule has 2 aromatic heterocycles. The molecular formula is C12H15N3OS. The Bertz CT molecular complexity index is 568. The second-order valence-electron chi connectivity index (χ2n) is 4.51. The molecule has 0 bridgehead atoms. The zero-order valence-electron chi connectivity index (χ0n) is 9.53. The Morgan fingerprint density at radius 2 is 2.29 bits per heavy atom. The highest BCUT2D eigenvalue weighted by molar-refractivity contribution is 7.17. The first kappa shape index (κ1) is 10.9. The third kappa shape index (κ3) is 2.25. The van der Waals surface area contributed by atoms with Crippen molar-refractivity contribution in [1.82, 2.24) is 15.3 Å². The largest absolute Gasteiger partial charge is 0.308 e. The molecule has 0 saturated heterocycles. The highest BCUT2D eigenvalue weighted by Crippen LogP contribution is 2.18. The smallest absolute Gasteiger partial charge is 0.268 e. The second-order valence-corrected chi connectivity index (χ2v) is 5.43. The number of hydrogen-bond donors (Lipinski definition) is 2. The Morgan fingerprint density at radius 1 is 1.47 bits per heavy atom. The van der Waals surface area contributed by atoms with E-state index in [1.54, 1.807) is 0 Å². The summed E-state index contributed by atoms with van der Waals surface area (Å²) in [6.45, 7) is 0.658. The van der Waals surface area contributed by atoms with Gasteiger partial charge in [0.15, 0.2) is 0 Å². The molecule has 0 radical (unpaired) electrons. The van der Waals surface area contributed by atoms with Crippen LogP contribution in [0, 0.1) is 0 Å². The quantitative estimate of drug-likeness (QED) is 0.875. The van der Waals surface area contributed by atoms with E-state index in [1.807, 2.05) is 11.4 Å². The minimum absolute atomic E-state index is 0.0202. The van der Waals surface area contributed by atoms with Gasteiger partial charge in [0.25, 0.3) is 5.56 Å². The van der Waals surface area contributed by atoms with E-state index in [0.717, 1.165) is 16.0 Å². The van der Waals surface area contributed by atoms with Crippen molar-refractivity contribution < 1.29 is 0 Å². The zero-order chi connectivity index (χ0) is 11.7. The highest BCUT2D eigenvalue weighted by atomic mass is 32.1. The summed E-state index contributed by atoms with van der Waals surface area (Å²) in [6, 6.07) is 2.49. The van der Waals surface area contributed by atoms with Gasteiger partial charge in [0.1, 0.15) is 10.5 Å². The van der Waals surface area contributed by atoms with Gasteiger partial charge in [-0.25, -0.2) is 4.98 Å². The number of thiophene rings is 1. The third-order valence-corrected chi connectivity index (χ3v) is 4.18. The monoisotopic (exact) mass is 249 g/mol. The maximum Gasteiger partial charge on any atom is 0.268 e. The van der Waals surface area contributed by atoms with Crippen LogP contribution in [0.5, 0.6) is 0 Å². The number of hydrogen-bond acceptors (Lipinski definition) is 4. The molecule has 90 valence electrons. The van der Waals surface area contributed by atoms with E-state index in [2.05, 4.69) is 15.3 Å². The molecule has 0 atom stereocenters. The molecule has 1 saturated carbocycles. The summed E-state index contributed by atoms with van der Waals surface area (Å²) in [5.41, 5.74) is 0.787. The van der Waals surface area contributed by atoms with Crippen LogP contribution in [-0.2, 0) is 6.54 Å². The molecule has 0 aromatic carbocycles. The first-order valence-electron chi connectivity index (χ1n) is 6.03. The summed E-state index contributed by atoms with van der Waals surface area (Å²) in [5.74, 6) is 0.743. The molecular weight excluding hydrogens is 234 g/mol. The maximum atomic E-state index is 11.7. The first-order valence-corrected chi connectivity index (χ1v) is 6.91. The molecule has 2 N–H and O–H groups in total. The molecule has 1 fully saturated rings. The van der Waals surface area contributed by atoms with E-state index in [1.165, 1.54) is 37.0 Å². The lowest BCUT2D eigenvalue weighted by molar-refractivity contribution is 0.514. The fourth-order valence-electron chi connectivity index (χ4n) is 2.38. The number of fused-ring (bicyclic) bond motifs is 1. The van der Waals surface area contributed by atoms with Crippen molar-refractivity contribution in [3.05, 3.63) is 27.6 Å². The number of aromatic nitrogens is 2. The van der Waals surface area contributed by atoms with Crippen LogP contribution >= 0.6 is 11.3 Å². The Labute approximate surface area is 103 Å². The van der Waals surface area contributed by atoms with E-state index in [0.29, 0.717) is 12.6 Å². The van der Waals surface area contributed by atoms with Gasteiger partial charge < -0.3 is 10.3 Å². The summed E-state index contributed by atoms with van der Waals surface area (Å²) >= 11 is 1.44. The van der Waals surface area contributed by atoms with Crippen LogP contribution in [0.2, 0.25) is 0 Å². The second kappa shape index (κ2) is 4.58. The van der Waals surface area contributed by atoms with Crippen molar-refractivity contribution in [3.8, 4) is 0 Å². The van der Waals surface area contributed by atoms with Crippen LogP contribution in [0.3, 0.4) is 0 Å². The molecule has 1 aliphatic carbocycles. The van der Waals surface area contributed by atoms with Gasteiger partial charge in [0, 0.05) is 6.04 Å². The van der Waals surface area contributed by atoms with Gasteiger partial charge in [-0.2, -0.15) is 0 Å². The van der Waals surface area contributed by atoms with Crippen LogP contribution < -0.4 is 10.9 Å². The lowest BCUT2D eigenvalue weighted by atomic mass is 10.2. The predicted molar refractivity (Wildman–Crippen MR) is 69.3 cm³/mol. The van der Waals surface area contributed by atoms with Crippen molar-refractivity contribution in [2.24, 2.45) is 0 Å². The third-order valence-electron chi connectivity index (χ3n) is 3.28. The average Bonchev–Trinajstić information content (AvgIpc) is 2.97. The van der Waals surface area contributed by atoms with Gasteiger partial charge in [-0.3, -0.25) is 4.79 Å². The van der Waals surface area contributed by atoms with Crippen LogP contribution in [0.15, 0.2) is 16.2 Å². The molecule has 0 aliphatic heterocycles. The number of nitrogens with zero attached hydrogens (tertiary/aromatic N) is 1. The molecule has 0 unspecified atom stereocenters. The van der Waals surface area contributed by atoms with E-state index in [4.69, 9.17) is 0 Å². The molecule has 3 rings (SSSR count). The summed E-state index contributed by atoms with van der Waals surface area (Å²) in [5, 5.41) is 5.36. The molecule has 0 spiro atoms. The van der Waals surface area contributed by atoms with Crippen LogP contribution in [0.1, 0.15) is 31.5 Å². The minimum Gasteiger partial charge on any atom is -0.308 e. The lowest BCUT2D eigenvalue weighted by Gasteiger charge is -2.10. The minimum atomic E-state index is -0.0202. The Morgan fingerprint density at radius 3 is 3.12 bits per heavy atom. The number of nitrogens with one attached hydrogen (secondary N) is 2. The lowest BCUT2D eigenvalue weighted by Crippen LogP contribution is -2.27. The van der Waals surface area contributed by atoms with Crippen molar-refractivity contribution in [2.45, 2.75) is 38.3 Å². The van der Waals surface area contributed by atoms with E-state index in [9.17, 15) is 4.79 Å². The van der Waals surface area contributed by atoms with Gasteiger partial charge in [-0.15, -0.1) is 11.3 Å². The molecule has 1 aliphatic rings. The Kier molecular flexibility index (Phi) is 2.94. The van der Waals surface area contributed by atoms with Gasteiger partial charge in [0.2, 0.25) is 0 Å². The summed E-state index contributed by atoms with van der Waals surface area (Å²) in [4.78, 5) is 19.0. The summed E-state index contributed by atoms with van der Waals surface area (Å²) < 4.78 is 0.717. The first-order chi connectivity index (χ1) is 8.33. The molecule has 5 heteroatoms. The van der Waals surface area contributed by atoms with Crippen LogP contribution in [0.4, 0.5) is 0 Å². The van der Waals surface area contributed by atoms with Crippen molar-refractivity contribution >= 4 is 21.6 Å². The fourth-order valence-corrected chi connectivity index (χ4v) is 3.10. The molecule has 2 heterocycles. The molecule has 2 aromatic rings. The zero-order valence-corrected chi connectivity index (χ0v) is 10.3. The Balaban J connectivity index is 1.78. The molecule has 0 amide bonds. The fraction of sp³-hybridized carbons (Fsp3) is 0.500. The van der Waals surface area contributed by atoms with Crippen LogP contribution in [0.25, 0.3) is 10.2 Å². The van der Waals surface area contributed by atoms with Gasteiger partial charge >= 0.3 is 0 Å².